The van der Waals surface area contributed by atoms with Gasteiger partial charge in [0.05, 0.1) is 12.7 Å². The summed E-state index contributed by atoms with van der Waals surface area (Å²) in [4.78, 5) is 49.4. The number of aromatic nitrogens is 3. The second kappa shape index (κ2) is 12.9. The number of methoxy groups -OCH3 is 1. The second-order valence-corrected chi connectivity index (χ2v) is 7.16. The molecule has 0 aliphatic carbocycles. The molecule has 1 N–H and O–H groups in total. The molecule has 0 aromatic carbocycles. The maximum Gasteiger partial charge on any atom is 0.336 e. The Morgan fingerprint density at radius 2 is 1.76 bits per heavy atom. The van der Waals surface area contributed by atoms with Gasteiger partial charge in [0.15, 0.2) is 0 Å². The quantitative estimate of drug-likeness (QED) is 0.282. The van der Waals surface area contributed by atoms with E-state index in [2.05, 4.69) is 18.5 Å². The van der Waals surface area contributed by atoms with Crippen LogP contribution in [0.3, 0.4) is 0 Å². The third kappa shape index (κ3) is 8.23. The van der Waals surface area contributed by atoms with E-state index in [1.807, 2.05) is 6.92 Å². The van der Waals surface area contributed by atoms with Crippen molar-refractivity contribution >= 4 is 5.97 Å². The number of hydrogen-bond acceptors (Lipinski definition) is 6. The summed E-state index contributed by atoms with van der Waals surface area (Å²) in [6.45, 7) is 8.14. The Balaban J connectivity index is 2.51. The molecule has 1 aromatic heterocycles. The maximum absolute atomic E-state index is 12.4. The number of carbonyl (C=O) groups excluding carboxylic acids is 1. The Hall–Kier alpha value is -2.42. The van der Waals surface area contributed by atoms with Gasteiger partial charge in [-0.15, -0.1) is 0 Å². The minimum absolute atomic E-state index is 0.0532. The zero-order chi connectivity index (χ0) is 21.8. The van der Waals surface area contributed by atoms with E-state index in [1.165, 1.54) is 0 Å². The lowest BCUT2D eigenvalue weighted by Gasteiger charge is -2.18. The van der Waals surface area contributed by atoms with Crippen LogP contribution >= 0.6 is 0 Å². The third-order valence-corrected chi connectivity index (χ3v) is 4.85. The lowest BCUT2D eigenvalue weighted by Crippen LogP contribution is -2.49. The first-order valence-electron chi connectivity index (χ1n) is 10.1. The summed E-state index contributed by atoms with van der Waals surface area (Å²) in [7, 11) is 1.65. The van der Waals surface area contributed by atoms with Crippen LogP contribution in [-0.4, -0.2) is 39.9 Å². The van der Waals surface area contributed by atoms with Crippen LogP contribution < -0.4 is 17.1 Å². The lowest BCUT2D eigenvalue weighted by molar-refractivity contribution is -0.138. The normalized spacial score (nSPS) is 13.1. The van der Waals surface area contributed by atoms with Gasteiger partial charge in [-0.1, -0.05) is 20.4 Å². The molecular formula is C20H33N3O6. The van der Waals surface area contributed by atoms with E-state index in [9.17, 15) is 19.2 Å². The molecule has 0 aliphatic heterocycles. The SMILES string of the molecule is C=CC(=O)OCCCC(CCC(C)CCn1c(=O)[nH]c(=O)n(CCC)c1=O)OC. The van der Waals surface area contributed by atoms with Crippen molar-refractivity contribution in [3.63, 3.8) is 0 Å². The highest BCUT2D eigenvalue weighted by Gasteiger charge is 2.13. The number of nitrogens with one attached hydrogen (secondary N) is 1. The summed E-state index contributed by atoms with van der Waals surface area (Å²) in [6.07, 6.45) is 5.63. The molecule has 0 radical (unpaired) electrons. The van der Waals surface area contributed by atoms with Crippen LogP contribution in [0.1, 0.15) is 52.4 Å². The van der Waals surface area contributed by atoms with Crippen molar-refractivity contribution in [2.24, 2.45) is 5.92 Å². The molecule has 0 bridgehead atoms. The van der Waals surface area contributed by atoms with Gasteiger partial charge in [0, 0.05) is 26.3 Å². The molecule has 1 rings (SSSR count). The third-order valence-electron chi connectivity index (χ3n) is 4.85. The summed E-state index contributed by atoms with van der Waals surface area (Å²) in [5.41, 5.74) is -1.88. The fourth-order valence-electron chi connectivity index (χ4n) is 3.05. The van der Waals surface area contributed by atoms with Gasteiger partial charge in [0.2, 0.25) is 0 Å². The number of H-pyrrole nitrogens is 1. The molecule has 9 heteroatoms. The molecule has 0 saturated carbocycles. The van der Waals surface area contributed by atoms with Gasteiger partial charge >= 0.3 is 23.0 Å². The Kier molecular flexibility index (Phi) is 11.0. The van der Waals surface area contributed by atoms with Crippen LogP contribution in [0.4, 0.5) is 0 Å². The first-order valence-corrected chi connectivity index (χ1v) is 10.1. The van der Waals surface area contributed by atoms with Gasteiger partial charge in [0.1, 0.15) is 0 Å². The van der Waals surface area contributed by atoms with Crippen molar-refractivity contribution in [2.75, 3.05) is 13.7 Å². The molecule has 1 heterocycles. The highest BCUT2D eigenvalue weighted by atomic mass is 16.5. The Bertz CT molecular complexity index is 823. The van der Waals surface area contributed by atoms with E-state index in [4.69, 9.17) is 9.47 Å². The van der Waals surface area contributed by atoms with Gasteiger partial charge in [-0.3, -0.25) is 4.98 Å². The summed E-state index contributed by atoms with van der Waals surface area (Å²) in [5, 5.41) is 0. The summed E-state index contributed by atoms with van der Waals surface area (Å²) < 4.78 is 12.6. The lowest BCUT2D eigenvalue weighted by atomic mass is 9.98. The molecule has 0 saturated heterocycles. The highest BCUT2D eigenvalue weighted by molar-refractivity contribution is 5.81. The molecule has 0 fully saturated rings. The zero-order valence-corrected chi connectivity index (χ0v) is 17.6. The zero-order valence-electron chi connectivity index (χ0n) is 17.6. The first kappa shape index (κ1) is 24.6. The number of nitrogens with zero attached hydrogens (tertiary/aromatic N) is 2. The van der Waals surface area contributed by atoms with Crippen molar-refractivity contribution in [1.29, 1.82) is 0 Å². The van der Waals surface area contributed by atoms with Crippen LogP contribution in [0, 0.1) is 5.92 Å². The van der Waals surface area contributed by atoms with Crippen LogP contribution in [0.25, 0.3) is 0 Å². The van der Waals surface area contributed by atoms with E-state index in [1.54, 1.807) is 7.11 Å². The molecule has 0 spiro atoms. The summed E-state index contributed by atoms with van der Waals surface area (Å²) in [6, 6.07) is 0. The number of rotatable bonds is 14. The van der Waals surface area contributed by atoms with Crippen LogP contribution in [0.15, 0.2) is 27.0 Å². The average molecular weight is 411 g/mol. The molecule has 2 atom stereocenters. The fraction of sp³-hybridized carbons (Fsp3) is 0.700. The molecule has 2 unspecified atom stereocenters. The van der Waals surface area contributed by atoms with Crippen LogP contribution in [0.5, 0.6) is 0 Å². The Labute approximate surface area is 170 Å². The van der Waals surface area contributed by atoms with E-state index >= 15 is 0 Å². The largest absolute Gasteiger partial charge is 0.463 e. The molecular weight excluding hydrogens is 378 g/mol. The summed E-state index contributed by atoms with van der Waals surface area (Å²) in [5.74, 6) is -0.160. The van der Waals surface area contributed by atoms with Crippen LogP contribution in [-0.2, 0) is 27.4 Å². The fourth-order valence-corrected chi connectivity index (χ4v) is 3.05. The molecule has 1 aromatic rings. The van der Waals surface area contributed by atoms with E-state index in [-0.39, 0.29) is 25.1 Å². The van der Waals surface area contributed by atoms with E-state index < -0.39 is 23.0 Å². The Morgan fingerprint density at radius 3 is 2.34 bits per heavy atom. The van der Waals surface area contributed by atoms with Gasteiger partial charge < -0.3 is 9.47 Å². The van der Waals surface area contributed by atoms with Crippen molar-refractivity contribution < 1.29 is 14.3 Å². The van der Waals surface area contributed by atoms with Crippen molar-refractivity contribution in [3.8, 4) is 0 Å². The summed E-state index contributed by atoms with van der Waals surface area (Å²) >= 11 is 0. The number of esters is 1. The van der Waals surface area contributed by atoms with Crippen LogP contribution in [0.2, 0.25) is 0 Å². The predicted octanol–water partition coefficient (Wildman–Crippen LogP) is 1.44. The highest BCUT2D eigenvalue weighted by Crippen LogP contribution is 2.16. The van der Waals surface area contributed by atoms with E-state index in [0.29, 0.717) is 25.9 Å². The van der Waals surface area contributed by atoms with Gasteiger partial charge in [-0.25, -0.2) is 28.3 Å². The smallest absolute Gasteiger partial charge is 0.336 e. The number of carbonyl (C=O) groups is 1. The predicted molar refractivity (Wildman–Crippen MR) is 110 cm³/mol. The van der Waals surface area contributed by atoms with Gasteiger partial charge in [0.25, 0.3) is 0 Å². The Morgan fingerprint density at radius 1 is 1.10 bits per heavy atom. The standard InChI is InChI=1S/C20H33N3O6/c1-5-12-22-18(25)21-19(26)23(20(22)27)13-11-15(3)9-10-16(28-4)8-7-14-29-17(24)6-2/h6,15-16H,2,5,7-14H2,1,3-4H3,(H,21,25,26). The average Bonchev–Trinajstić information content (AvgIpc) is 2.69. The minimum atomic E-state index is -0.664. The molecule has 0 amide bonds. The maximum atomic E-state index is 12.4. The molecule has 0 aliphatic rings. The monoisotopic (exact) mass is 411 g/mol. The molecule has 164 valence electrons. The second-order valence-electron chi connectivity index (χ2n) is 7.16. The molecule has 29 heavy (non-hydrogen) atoms. The molecule has 9 nitrogen and oxygen atoms in total. The van der Waals surface area contributed by atoms with Crippen molar-refractivity contribution in [2.45, 2.75) is 71.6 Å². The first-order chi connectivity index (χ1) is 13.8. The van der Waals surface area contributed by atoms with E-state index in [0.717, 1.165) is 34.5 Å². The number of ether oxygens (including phenoxy) is 2. The number of hydrogen-bond donors (Lipinski definition) is 1. The van der Waals surface area contributed by atoms with Gasteiger partial charge in [-0.05, 0) is 44.4 Å². The topological polar surface area (TPSA) is 112 Å². The van der Waals surface area contributed by atoms with Crippen molar-refractivity contribution in [1.82, 2.24) is 14.1 Å². The minimum Gasteiger partial charge on any atom is -0.463 e. The van der Waals surface area contributed by atoms with Gasteiger partial charge in [-0.2, -0.15) is 0 Å². The number of aromatic amines is 1. The van der Waals surface area contributed by atoms with Crippen molar-refractivity contribution in [3.05, 3.63) is 44.1 Å².